The van der Waals surface area contributed by atoms with Crippen molar-refractivity contribution in [3.05, 3.63) is 35.1 Å². The van der Waals surface area contributed by atoms with Gasteiger partial charge in [0.2, 0.25) is 5.69 Å². The standard InChI is InChI=1S/C10H7FN2S.HI/c1-6-5-14-10-12-8-4-7(11)2-3-9(8)13(6)10;/h2-5H,1H3;1H/q+1;/p-1. The first-order chi connectivity index (χ1) is 6.75. The van der Waals surface area contributed by atoms with E-state index >= 15 is 0 Å². The van der Waals surface area contributed by atoms with Gasteiger partial charge in [0.15, 0.2) is 5.69 Å². The van der Waals surface area contributed by atoms with E-state index in [-0.39, 0.29) is 29.8 Å². The van der Waals surface area contributed by atoms with Crippen LogP contribution < -0.4 is 33.9 Å². The number of anilines is 1. The van der Waals surface area contributed by atoms with Crippen molar-refractivity contribution in [1.29, 1.82) is 0 Å². The minimum Gasteiger partial charge on any atom is -1.00 e. The summed E-state index contributed by atoms with van der Waals surface area (Å²) in [5.74, 6) is -0.235. The highest BCUT2D eigenvalue weighted by atomic mass is 127. The molecule has 0 amide bonds. The van der Waals surface area contributed by atoms with Gasteiger partial charge in [-0.3, -0.25) is 0 Å². The molecule has 2 aliphatic rings. The zero-order chi connectivity index (χ0) is 9.71. The van der Waals surface area contributed by atoms with Crippen molar-refractivity contribution in [2.24, 2.45) is 0 Å². The Labute approximate surface area is 108 Å². The van der Waals surface area contributed by atoms with Crippen LogP contribution in [0.5, 0.6) is 0 Å². The third-order valence-corrected chi connectivity index (χ3v) is 3.22. The van der Waals surface area contributed by atoms with E-state index in [1.54, 1.807) is 17.8 Å². The van der Waals surface area contributed by atoms with Crippen LogP contribution in [0, 0.1) is 5.82 Å². The molecule has 2 heterocycles. The van der Waals surface area contributed by atoms with Crippen LogP contribution in [0.2, 0.25) is 0 Å². The molecule has 0 bridgehead atoms. The summed E-state index contributed by atoms with van der Waals surface area (Å²) >= 11 is 1.57. The number of aliphatic imine (C=N–C) groups is 1. The van der Waals surface area contributed by atoms with Gasteiger partial charge in [-0.2, -0.15) is 4.90 Å². The van der Waals surface area contributed by atoms with Crippen LogP contribution in [0.25, 0.3) is 0 Å². The fourth-order valence-electron chi connectivity index (χ4n) is 1.64. The average Bonchev–Trinajstić information content (AvgIpc) is 2.66. The number of rotatable bonds is 0. The molecule has 2 nitrogen and oxygen atoms in total. The lowest BCUT2D eigenvalue weighted by molar-refractivity contribution is -0.00000340. The van der Waals surface area contributed by atoms with Crippen LogP contribution in [0.4, 0.5) is 15.8 Å². The molecular formula is C10H7FIN2S. The van der Waals surface area contributed by atoms with Crippen LogP contribution in [-0.2, 0) is 0 Å². The van der Waals surface area contributed by atoms with E-state index < -0.39 is 0 Å². The SMILES string of the molecule is CC1=CSC2=[N+]c3cc(F)ccc3N12.[I-]. The lowest BCUT2D eigenvalue weighted by Crippen LogP contribution is -3.00. The summed E-state index contributed by atoms with van der Waals surface area (Å²) in [6, 6.07) is 4.70. The van der Waals surface area contributed by atoms with E-state index in [0.717, 1.165) is 22.2 Å². The predicted octanol–water partition coefficient (Wildman–Crippen LogP) is -0.419. The molecule has 5 heteroatoms. The molecule has 0 saturated heterocycles. The molecule has 0 fully saturated rings. The number of benzene rings is 1. The van der Waals surface area contributed by atoms with Crippen molar-refractivity contribution >= 4 is 28.3 Å². The molecule has 1 aromatic carbocycles. The lowest BCUT2D eigenvalue weighted by atomic mass is 10.2. The highest BCUT2D eigenvalue weighted by Crippen LogP contribution is 2.40. The molecule has 15 heavy (non-hydrogen) atoms. The van der Waals surface area contributed by atoms with Gasteiger partial charge in [0.05, 0.1) is 0 Å². The second kappa shape index (κ2) is 3.79. The Morgan fingerprint density at radius 3 is 3.00 bits per heavy atom. The Morgan fingerprint density at radius 2 is 2.20 bits per heavy atom. The van der Waals surface area contributed by atoms with E-state index in [2.05, 4.69) is 4.99 Å². The zero-order valence-electron chi connectivity index (χ0n) is 7.87. The fourth-order valence-corrected chi connectivity index (χ4v) is 2.52. The molecule has 0 N–H and O–H groups in total. The Kier molecular flexibility index (Phi) is 2.76. The largest absolute Gasteiger partial charge is 1.00 e. The number of nitrogens with zero attached hydrogens (tertiary/aromatic N) is 2. The van der Waals surface area contributed by atoms with Gasteiger partial charge in [0.25, 0.3) is 0 Å². The van der Waals surface area contributed by atoms with Crippen molar-refractivity contribution in [2.75, 3.05) is 4.90 Å². The first kappa shape index (κ1) is 10.9. The van der Waals surface area contributed by atoms with Gasteiger partial charge in [0.1, 0.15) is 11.5 Å². The maximum Gasteiger partial charge on any atom is 0.369 e. The fraction of sp³-hybridized carbons (Fsp3) is 0.100. The molecular weight excluding hydrogens is 326 g/mol. The van der Waals surface area contributed by atoms with E-state index in [9.17, 15) is 4.39 Å². The van der Waals surface area contributed by atoms with Crippen LogP contribution in [0.3, 0.4) is 0 Å². The molecule has 0 unspecified atom stereocenters. The van der Waals surface area contributed by atoms with E-state index in [0.29, 0.717) is 0 Å². The molecule has 3 rings (SSSR count). The predicted molar refractivity (Wildman–Crippen MR) is 57.0 cm³/mol. The summed E-state index contributed by atoms with van der Waals surface area (Å²) in [6.07, 6.45) is 0. The maximum absolute atomic E-state index is 12.9. The van der Waals surface area contributed by atoms with Crippen molar-refractivity contribution in [3.8, 4) is 0 Å². The number of allylic oxidation sites excluding steroid dienone is 1. The van der Waals surface area contributed by atoms with Gasteiger partial charge < -0.3 is 24.0 Å². The molecule has 1 aromatic rings. The molecule has 1 radical (unpaired) electrons. The number of thioether (sulfide) groups is 1. The van der Waals surface area contributed by atoms with Gasteiger partial charge in [-0.25, -0.2) is 4.39 Å². The third kappa shape index (κ3) is 1.57. The summed E-state index contributed by atoms with van der Waals surface area (Å²) in [4.78, 5) is 6.38. The minimum atomic E-state index is -0.235. The summed E-state index contributed by atoms with van der Waals surface area (Å²) in [5.41, 5.74) is 2.83. The van der Waals surface area contributed by atoms with Gasteiger partial charge in [-0.1, -0.05) is 0 Å². The smallest absolute Gasteiger partial charge is 0.369 e. The van der Waals surface area contributed by atoms with Crippen LogP contribution in [0.15, 0.2) is 29.3 Å². The van der Waals surface area contributed by atoms with Crippen LogP contribution in [0.1, 0.15) is 6.92 Å². The molecule has 0 spiro atoms. The molecule has 2 aliphatic heterocycles. The molecule has 0 atom stereocenters. The quantitative estimate of drug-likeness (QED) is 0.600. The summed E-state index contributed by atoms with van der Waals surface area (Å²) in [5, 5.41) is 2.97. The zero-order valence-corrected chi connectivity index (χ0v) is 10.8. The number of fused-ring (bicyclic) bond motifs is 3. The number of halogens is 2. The van der Waals surface area contributed by atoms with Gasteiger partial charge >= 0.3 is 5.17 Å². The normalized spacial score (nSPS) is 16.5. The van der Waals surface area contributed by atoms with Gasteiger partial charge in [0, 0.05) is 11.5 Å². The molecule has 0 saturated carbocycles. The van der Waals surface area contributed by atoms with Crippen molar-refractivity contribution in [1.82, 2.24) is 4.99 Å². The topological polar surface area (TPSA) is 17.3 Å². The highest BCUT2D eigenvalue weighted by molar-refractivity contribution is 8.17. The molecule has 0 aliphatic carbocycles. The van der Waals surface area contributed by atoms with Crippen molar-refractivity contribution in [2.45, 2.75) is 6.92 Å². The Bertz CT molecular complexity index is 484. The third-order valence-electron chi connectivity index (χ3n) is 2.27. The molecule has 0 aromatic heterocycles. The van der Waals surface area contributed by atoms with E-state index in [1.807, 2.05) is 17.2 Å². The minimum absolute atomic E-state index is 0. The summed E-state index contributed by atoms with van der Waals surface area (Å²) in [7, 11) is 0. The van der Waals surface area contributed by atoms with Gasteiger partial charge in [-0.15, -0.1) is 0 Å². The average molecular weight is 333 g/mol. The Morgan fingerprint density at radius 1 is 1.40 bits per heavy atom. The first-order valence-electron chi connectivity index (χ1n) is 4.27. The molecule has 77 valence electrons. The summed E-state index contributed by atoms with van der Waals surface area (Å²) < 4.78 is 12.9. The maximum atomic E-state index is 12.9. The number of hydrogen-bond acceptors (Lipinski definition) is 3. The van der Waals surface area contributed by atoms with Crippen molar-refractivity contribution in [3.63, 3.8) is 0 Å². The monoisotopic (exact) mass is 333 g/mol. The number of amidine groups is 1. The van der Waals surface area contributed by atoms with E-state index in [1.165, 1.54) is 12.1 Å². The second-order valence-electron chi connectivity index (χ2n) is 3.24. The lowest BCUT2D eigenvalue weighted by Gasteiger charge is -2.04. The van der Waals surface area contributed by atoms with Crippen molar-refractivity contribution < 1.29 is 28.4 Å². The number of hydrogen-bond donors (Lipinski definition) is 0. The first-order valence-corrected chi connectivity index (χ1v) is 5.15. The second-order valence-corrected chi connectivity index (χ2v) is 4.08. The van der Waals surface area contributed by atoms with E-state index in [4.69, 9.17) is 0 Å². The van der Waals surface area contributed by atoms with Crippen LogP contribution in [-0.4, -0.2) is 5.17 Å². The Balaban J connectivity index is 0.000000853. The highest BCUT2D eigenvalue weighted by Gasteiger charge is 2.40. The van der Waals surface area contributed by atoms with Gasteiger partial charge in [-0.05, 0) is 35.8 Å². The van der Waals surface area contributed by atoms with Crippen LogP contribution >= 0.6 is 11.8 Å². The Hall–Kier alpha value is -0.560. The summed E-state index contributed by atoms with van der Waals surface area (Å²) in [6.45, 7) is 2.02.